The van der Waals surface area contributed by atoms with Crippen molar-refractivity contribution in [3.05, 3.63) is 57.6 Å². The first-order valence-corrected chi connectivity index (χ1v) is 11.1. The number of rotatable bonds is 8. The van der Waals surface area contributed by atoms with Gasteiger partial charge in [-0.25, -0.2) is 0 Å². The molecule has 1 saturated heterocycles. The van der Waals surface area contributed by atoms with Crippen molar-refractivity contribution in [1.29, 1.82) is 0 Å². The second-order valence-corrected chi connectivity index (χ2v) is 8.00. The molecule has 1 aliphatic heterocycles. The Morgan fingerprint density at radius 2 is 1.57 bits per heavy atom. The minimum Gasteiger partial charge on any atom is -0.490 e. The molecular formula is C23H28Cl2N2O3. The Kier molecular flexibility index (Phi) is 8.25. The van der Waals surface area contributed by atoms with Gasteiger partial charge >= 0.3 is 0 Å². The average Bonchev–Trinajstić information content (AvgIpc) is 2.73. The molecular weight excluding hydrogens is 423 g/mol. The molecule has 0 saturated carbocycles. The molecule has 0 N–H and O–H groups in total. The molecule has 30 heavy (non-hydrogen) atoms. The largest absolute Gasteiger partial charge is 0.490 e. The topological polar surface area (TPSA) is 42.0 Å². The van der Waals surface area contributed by atoms with Gasteiger partial charge in [-0.05, 0) is 43.7 Å². The third kappa shape index (κ3) is 5.81. The molecule has 0 unspecified atom stereocenters. The maximum Gasteiger partial charge on any atom is 0.227 e. The molecule has 7 heteroatoms. The summed E-state index contributed by atoms with van der Waals surface area (Å²) in [6, 6.07) is 11.3. The van der Waals surface area contributed by atoms with Crippen LogP contribution in [0.2, 0.25) is 10.0 Å². The van der Waals surface area contributed by atoms with Crippen molar-refractivity contribution in [2.24, 2.45) is 0 Å². The Morgan fingerprint density at radius 3 is 2.20 bits per heavy atom. The van der Waals surface area contributed by atoms with Crippen molar-refractivity contribution in [3.63, 3.8) is 0 Å². The molecule has 1 heterocycles. The van der Waals surface area contributed by atoms with Crippen LogP contribution in [0.1, 0.15) is 25.0 Å². The summed E-state index contributed by atoms with van der Waals surface area (Å²) >= 11 is 12.6. The van der Waals surface area contributed by atoms with Crippen molar-refractivity contribution in [2.45, 2.75) is 26.8 Å². The minimum atomic E-state index is 0.122. The third-order valence-electron chi connectivity index (χ3n) is 5.13. The van der Waals surface area contributed by atoms with E-state index in [0.29, 0.717) is 60.8 Å². The first kappa shape index (κ1) is 22.7. The number of nitrogens with zero attached hydrogens (tertiary/aromatic N) is 2. The molecule has 3 rings (SSSR count). The van der Waals surface area contributed by atoms with Crippen LogP contribution in [0.25, 0.3) is 0 Å². The van der Waals surface area contributed by atoms with E-state index in [-0.39, 0.29) is 5.91 Å². The van der Waals surface area contributed by atoms with Crippen molar-refractivity contribution in [2.75, 3.05) is 39.4 Å². The summed E-state index contributed by atoms with van der Waals surface area (Å²) in [5.41, 5.74) is 1.87. The Bertz CT molecular complexity index is 847. The van der Waals surface area contributed by atoms with Gasteiger partial charge in [0.15, 0.2) is 11.5 Å². The van der Waals surface area contributed by atoms with Gasteiger partial charge in [-0.3, -0.25) is 9.69 Å². The van der Waals surface area contributed by atoms with Gasteiger partial charge in [0.2, 0.25) is 5.91 Å². The van der Waals surface area contributed by atoms with Gasteiger partial charge in [-0.15, -0.1) is 0 Å². The zero-order valence-corrected chi connectivity index (χ0v) is 19.0. The number of benzene rings is 2. The van der Waals surface area contributed by atoms with Crippen LogP contribution in [0.3, 0.4) is 0 Å². The van der Waals surface area contributed by atoms with Crippen LogP contribution >= 0.6 is 23.2 Å². The second kappa shape index (κ2) is 10.9. The Hall–Kier alpha value is -1.95. The van der Waals surface area contributed by atoms with Gasteiger partial charge in [-0.1, -0.05) is 35.3 Å². The third-order valence-corrected chi connectivity index (χ3v) is 5.84. The molecule has 2 aromatic rings. The number of halogens is 2. The van der Waals surface area contributed by atoms with Crippen LogP contribution in [-0.2, 0) is 17.8 Å². The van der Waals surface area contributed by atoms with Gasteiger partial charge in [0, 0.05) is 48.3 Å². The van der Waals surface area contributed by atoms with Crippen molar-refractivity contribution < 1.29 is 14.3 Å². The predicted molar refractivity (Wildman–Crippen MR) is 121 cm³/mol. The fraction of sp³-hybridized carbons (Fsp3) is 0.435. The van der Waals surface area contributed by atoms with E-state index in [0.717, 1.165) is 24.2 Å². The highest BCUT2D eigenvalue weighted by atomic mass is 35.5. The lowest BCUT2D eigenvalue weighted by Crippen LogP contribution is -2.48. The Morgan fingerprint density at radius 1 is 0.933 bits per heavy atom. The number of amides is 1. The molecule has 0 bridgehead atoms. The summed E-state index contributed by atoms with van der Waals surface area (Å²) in [7, 11) is 0. The van der Waals surface area contributed by atoms with Crippen molar-refractivity contribution in [3.8, 4) is 11.5 Å². The fourth-order valence-corrected chi connectivity index (χ4v) is 4.07. The van der Waals surface area contributed by atoms with E-state index in [1.807, 2.05) is 55.1 Å². The molecule has 1 aliphatic rings. The summed E-state index contributed by atoms with van der Waals surface area (Å²) in [6.45, 7) is 8.65. The van der Waals surface area contributed by atoms with E-state index >= 15 is 0 Å². The Labute approximate surface area is 188 Å². The van der Waals surface area contributed by atoms with Crippen LogP contribution in [-0.4, -0.2) is 55.1 Å². The van der Waals surface area contributed by atoms with Gasteiger partial charge in [0.25, 0.3) is 0 Å². The lowest BCUT2D eigenvalue weighted by atomic mass is 10.1. The molecule has 5 nitrogen and oxygen atoms in total. The molecule has 162 valence electrons. The van der Waals surface area contributed by atoms with Gasteiger partial charge in [0.1, 0.15) is 0 Å². The number of hydrogen-bond acceptors (Lipinski definition) is 4. The molecule has 1 fully saturated rings. The molecule has 0 aliphatic carbocycles. The number of piperazine rings is 1. The summed E-state index contributed by atoms with van der Waals surface area (Å²) in [5, 5.41) is 1.36. The van der Waals surface area contributed by atoms with Gasteiger partial charge < -0.3 is 14.4 Å². The fourth-order valence-electron chi connectivity index (χ4n) is 3.55. The lowest BCUT2D eigenvalue weighted by Gasteiger charge is -2.35. The maximum atomic E-state index is 12.8. The van der Waals surface area contributed by atoms with E-state index in [1.54, 1.807) is 0 Å². The molecule has 0 aromatic heterocycles. The predicted octanol–water partition coefficient (Wildman–Crippen LogP) is 4.68. The first-order chi connectivity index (χ1) is 14.5. The van der Waals surface area contributed by atoms with Crippen molar-refractivity contribution >= 4 is 29.1 Å². The molecule has 0 radical (unpaired) electrons. The summed E-state index contributed by atoms with van der Waals surface area (Å²) in [5.74, 6) is 1.52. The summed E-state index contributed by atoms with van der Waals surface area (Å²) < 4.78 is 11.3. The highest BCUT2D eigenvalue weighted by Crippen LogP contribution is 2.29. The number of carbonyl (C=O) groups excluding carboxylic acids is 1. The first-order valence-electron chi connectivity index (χ1n) is 10.3. The van der Waals surface area contributed by atoms with E-state index in [4.69, 9.17) is 32.7 Å². The monoisotopic (exact) mass is 450 g/mol. The number of hydrogen-bond donors (Lipinski definition) is 0. The summed E-state index contributed by atoms with van der Waals surface area (Å²) in [6.07, 6.45) is 0.350. The van der Waals surface area contributed by atoms with E-state index in [2.05, 4.69) is 4.90 Å². The van der Waals surface area contributed by atoms with E-state index in [1.165, 1.54) is 0 Å². The lowest BCUT2D eigenvalue weighted by molar-refractivity contribution is -0.132. The van der Waals surface area contributed by atoms with E-state index < -0.39 is 0 Å². The standard InChI is InChI=1S/C23H28Cl2N2O3/c1-3-29-21-9-8-17(14-22(21)30-4-2)15-23(28)27-12-10-26(11-13-27)16-18-19(24)6-5-7-20(18)25/h5-9,14H,3-4,10-13,15-16H2,1-2H3. The molecule has 0 spiro atoms. The average molecular weight is 451 g/mol. The number of carbonyl (C=O) groups is 1. The van der Waals surface area contributed by atoms with Gasteiger partial charge in [0.05, 0.1) is 19.6 Å². The normalized spacial score (nSPS) is 14.6. The smallest absolute Gasteiger partial charge is 0.227 e. The Balaban J connectivity index is 1.56. The van der Waals surface area contributed by atoms with Crippen LogP contribution < -0.4 is 9.47 Å². The zero-order valence-electron chi connectivity index (χ0n) is 17.5. The molecule has 2 aromatic carbocycles. The zero-order chi connectivity index (χ0) is 21.5. The SMILES string of the molecule is CCOc1ccc(CC(=O)N2CCN(Cc3c(Cl)cccc3Cl)CC2)cc1OCC. The van der Waals surface area contributed by atoms with Gasteiger partial charge in [-0.2, -0.15) is 0 Å². The van der Waals surface area contributed by atoms with Crippen LogP contribution in [0.4, 0.5) is 0 Å². The quantitative estimate of drug-likeness (QED) is 0.585. The van der Waals surface area contributed by atoms with E-state index in [9.17, 15) is 4.79 Å². The minimum absolute atomic E-state index is 0.122. The van der Waals surface area contributed by atoms with Crippen LogP contribution in [0, 0.1) is 0 Å². The van der Waals surface area contributed by atoms with Crippen LogP contribution in [0.15, 0.2) is 36.4 Å². The highest BCUT2D eigenvalue weighted by molar-refractivity contribution is 6.35. The molecule has 1 amide bonds. The summed E-state index contributed by atoms with van der Waals surface area (Å²) in [4.78, 5) is 17.0. The highest BCUT2D eigenvalue weighted by Gasteiger charge is 2.22. The maximum absolute atomic E-state index is 12.8. The molecule has 0 atom stereocenters. The number of ether oxygens (including phenoxy) is 2. The van der Waals surface area contributed by atoms with Crippen molar-refractivity contribution in [1.82, 2.24) is 9.80 Å². The second-order valence-electron chi connectivity index (χ2n) is 7.18. The van der Waals surface area contributed by atoms with Crippen LogP contribution in [0.5, 0.6) is 11.5 Å².